The molecule has 0 aliphatic carbocycles. The Kier molecular flexibility index (Phi) is 4.36. The van der Waals surface area contributed by atoms with Gasteiger partial charge in [0, 0.05) is 26.3 Å². The molecule has 1 rings (SSSR count). The summed E-state index contributed by atoms with van der Waals surface area (Å²) in [7, 11) is 2.00. The number of hydrogen-bond acceptors (Lipinski definition) is 3. The van der Waals surface area contributed by atoms with Gasteiger partial charge in [-0.1, -0.05) is 25.4 Å². The smallest absolute Gasteiger partial charge is 0.147 e. The van der Waals surface area contributed by atoms with E-state index in [4.69, 9.17) is 17.3 Å². The predicted molar refractivity (Wildman–Crippen MR) is 65.2 cm³/mol. The van der Waals surface area contributed by atoms with E-state index in [1.54, 1.807) is 6.20 Å². The number of pyridine rings is 1. The number of halogens is 1. The summed E-state index contributed by atoms with van der Waals surface area (Å²) in [6.07, 6.45) is 1.78. The molecule has 1 aromatic heterocycles. The van der Waals surface area contributed by atoms with Gasteiger partial charge < -0.3 is 10.6 Å². The fourth-order valence-electron chi connectivity index (χ4n) is 1.50. The average Bonchev–Trinajstić information content (AvgIpc) is 2.16. The van der Waals surface area contributed by atoms with E-state index in [1.807, 2.05) is 13.1 Å². The van der Waals surface area contributed by atoms with Crippen molar-refractivity contribution in [3.63, 3.8) is 0 Å². The lowest BCUT2D eigenvalue weighted by Crippen LogP contribution is -2.23. The predicted octanol–water partition coefficient (Wildman–Crippen LogP) is 2.29. The van der Waals surface area contributed by atoms with Crippen LogP contribution >= 0.6 is 11.6 Å². The van der Waals surface area contributed by atoms with Crippen LogP contribution in [0, 0.1) is 5.92 Å². The fourth-order valence-corrected chi connectivity index (χ4v) is 1.83. The van der Waals surface area contributed by atoms with E-state index in [9.17, 15) is 0 Å². The molecule has 0 aromatic carbocycles. The van der Waals surface area contributed by atoms with Crippen LogP contribution in [-0.2, 0) is 6.54 Å². The van der Waals surface area contributed by atoms with Crippen molar-refractivity contribution in [1.29, 1.82) is 0 Å². The van der Waals surface area contributed by atoms with Crippen LogP contribution in [0.2, 0.25) is 5.02 Å². The van der Waals surface area contributed by atoms with E-state index in [0.717, 1.165) is 17.9 Å². The maximum atomic E-state index is 6.13. The highest BCUT2D eigenvalue weighted by atomic mass is 35.5. The van der Waals surface area contributed by atoms with E-state index in [-0.39, 0.29) is 0 Å². The minimum atomic E-state index is 0.473. The van der Waals surface area contributed by atoms with Gasteiger partial charge >= 0.3 is 0 Å². The Morgan fingerprint density at radius 3 is 2.67 bits per heavy atom. The van der Waals surface area contributed by atoms with Gasteiger partial charge in [0.25, 0.3) is 0 Å². The van der Waals surface area contributed by atoms with Crippen LogP contribution in [0.1, 0.15) is 19.4 Å². The molecular formula is C11H18ClN3. The lowest BCUT2D eigenvalue weighted by molar-refractivity contribution is 0.634. The van der Waals surface area contributed by atoms with Crippen molar-refractivity contribution in [1.82, 2.24) is 4.98 Å². The van der Waals surface area contributed by atoms with E-state index < -0.39 is 0 Å². The molecule has 0 atom stereocenters. The molecule has 0 saturated carbocycles. The molecule has 0 fully saturated rings. The molecule has 0 radical (unpaired) electrons. The van der Waals surface area contributed by atoms with Crippen LogP contribution in [0.4, 0.5) is 5.82 Å². The average molecular weight is 228 g/mol. The molecular weight excluding hydrogens is 210 g/mol. The molecule has 0 amide bonds. The minimum absolute atomic E-state index is 0.473. The summed E-state index contributed by atoms with van der Waals surface area (Å²) in [4.78, 5) is 6.38. The first-order chi connectivity index (χ1) is 7.04. The number of nitrogens with two attached hydrogens (primary N) is 1. The van der Waals surface area contributed by atoms with Crippen molar-refractivity contribution >= 4 is 17.4 Å². The van der Waals surface area contributed by atoms with Crippen molar-refractivity contribution in [3.8, 4) is 0 Å². The SMILES string of the molecule is CC(C)CN(C)c1ncc(CN)cc1Cl. The first kappa shape index (κ1) is 12.3. The zero-order valence-corrected chi connectivity index (χ0v) is 10.3. The topological polar surface area (TPSA) is 42.2 Å². The van der Waals surface area contributed by atoms with Gasteiger partial charge in [0.2, 0.25) is 0 Å². The second-order valence-corrected chi connectivity index (χ2v) is 4.53. The van der Waals surface area contributed by atoms with Crippen molar-refractivity contribution in [2.24, 2.45) is 11.7 Å². The Balaban J connectivity index is 2.85. The summed E-state index contributed by atoms with van der Waals surface area (Å²) >= 11 is 6.13. The van der Waals surface area contributed by atoms with E-state index >= 15 is 0 Å². The molecule has 4 heteroatoms. The lowest BCUT2D eigenvalue weighted by atomic mass is 10.2. The van der Waals surface area contributed by atoms with Crippen LogP contribution in [0.5, 0.6) is 0 Å². The summed E-state index contributed by atoms with van der Waals surface area (Å²) in [5, 5.41) is 0.668. The maximum absolute atomic E-state index is 6.13. The first-order valence-electron chi connectivity index (χ1n) is 5.10. The molecule has 0 aliphatic heterocycles. The molecule has 15 heavy (non-hydrogen) atoms. The van der Waals surface area contributed by atoms with Crippen LogP contribution in [0.3, 0.4) is 0 Å². The first-order valence-corrected chi connectivity index (χ1v) is 5.48. The lowest BCUT2D eigenvalue weighted by Gasteiger charge is -2.21. The monoisotopic (exact) mass is 227 g/mol. The molecule has 0 saturated heterocycles. The van der Waals surface area contributed by atoms with Gasteiger partial charge in [0.1, 0.15) is 5.82 Å². The Morgan fingerprint density at radius 2 is 2.20 bits per heavy atom. The second kappa shape index (κ2) is 5.33. The number of rotatable bonds is 4. The Labute approximate surface area is 96.2 Å². The third-order valence-corrected chi connectivity index (χ3v) is 2.39. The number of nitrogens with zero attached hydrogens (tertiary/aromatic N) is 2. The highest BCUT2D eigenvalue weighted by Gasteiger charge is 2.09. The molecule has 0 spiro atoms. The molecule has 3 nitrogen and oxygen atoms in total. The Hall–Kier alpha value is -0.800. The van der Waals surface area contributed by atoms with Crippen LogP contribution in [0.15, 0.2) is 12.3 Å². The van der Waals surface area contributed by atoms with Gasteiger partial charge in [-0.25, -0.2) is 4.98 Å². The minimum Gasteiger partial charge on any atom is -0.358 e. The third-order valence-electron chi connectivity index (χ3n) is 2.11. The largest absolute Gasteiger partial charge is 0.358 e. The van der Waals surface area contributed by atoms with Crippen LogP contribution < -0.4 is 10.6 Å². The molecule has 1 aromatic rings. The summed E-state index contributed by atoms with van der Waals surface area (Å²) in [6, 6.07) is 1.88. The van der Waals surface area contributed by atoms with Crippen LogP contribution in [0.25, 0.3) is 0 Å². The van der Waals surface area contributed by atoms with E-state index in [2.05, 4.69) is 23.7 Å². The van der Waals surface area contributed by atoms with Crippen molar-refractivity contribution in [2.45, 2.75) is 20.4 Å². The van der Waals surface area contributed by atoms with Gasteiger partial charge in [-0.2, -0.15) is 0 Å². The summed E-state index contributed by atoms with van der Waals surface area (Å²) in [5.41, 5.74) is 6.47. The van der Waals surface area contributed by atoms with Gasteiger partial charge in [0.15, 0.2) is 0 Å². The molecule has 0 unspecified atom stereocenters. The second-order valence-electron chi connectivity index (χ2n) is 4.13. The molecule has 0 aliphatic rings. The molecule has 2 N–H and O–H groups in total. The van der Waals surface area contributed by atoms with Gasteiger partial charge in [-0.05, 0) is 17.5 Å². The summed E-state index contributed by atoms with van der Waals surface area (Å²) in [6.45, 7) is 5.74. The zero-order valence-electron chi connectivity index (χ0n) is 9.50. The molecule has 84 valence electrons. The van der Waals surface area contributed by atoms with Crippen molar-refractivity contribution in [2.75, 3.05) is 18.5 Å². The molecule has 0 bridgehead atoms. The quantitative estimate of drug-likeness (QED) is 0.858. The third kappa shape index (κ3) is 3.36. The normalized spacial score (nSPS) is 10.8. The molecule has 1 heterocycles. The Bertz CT molecular complexity index is 326. The highest BCUT2D eigenvalue weighted by molar-refractivity contribution is 6.33. The van der Waals surface area contributed by atoms with E-state index in [0.29, 0.717) is 17.5 Å². The Morgan fingerprint density at radius 1 is 1.53 bits per heavy atom. The fraction of sp³-hybridized carbons (Fsp3) is 0.545. The van der Waals surface area contributed by atoms with Crippen LogP contribution in [-0.4, -0.2) is 18.6 Å². The van der Waals surface area contributed by atoms with Crippen molar-refractivity contribution < 1.29 is 0 Å². The van der Waals surface area contributed by atoms with Gasteiger partial charge in [0.05, 0.1) is 5.02 Å². The zero-order chi connectivity index (χ0) is 11.4. The number of aromatic nitrogens is 1. The summed E-state index contributed by atoms with van der Waals surface area (Å²) in [5.74, 6) is 1.41. The number of hydrogen-bond donors (Lipinski definition) is 1. The number of anilines is 1. The maximum Gasteiger partial charge on any atom is 0.147 e. The summed E-state index contributed by atoms with van der Waals surface area (Å²) < 4.78 is 0. The van der Waals surface area contributed by atoms with Gasteiger partial charge in [-0.3, -0.25) is 0 Å². The van der Waals surface area contributed by atoms with Gasteiger partial charge in [-0.15, -0.1) is 0 Å². The van der Waals surface area contributed by atoms with Crippen molar-refractivity contribution in [3.05, 3.63) is 22.8 Å². The highest BCUT2D eigenvalue weighted by Crippen LogP contribution is 2.23. The standard InChI is InChI=1S/C11H18ClN3/c1-8(2)7-15(3)11-10(12)4-9(5-13)6-14-11/h4,6,8H,5,7,13H2,1-3H3. The van der Waals surface area contributed by atoms with E-state index in [1.165, 1.54) is 0 Å².